The van der Waals surface area contributed by atoms with E-state index < -0.39 is 6.10 Å². The SMILES string of the molecule is C/C(=C\CC(C)C)[C@H](C)[C@H](O)c1ccccc1. The topological polar surface area (TPSA) is 20.2 Å². The molecule has 1 heteroatoms. The molecular formula is C16H24O. The maximum Gasteiger partial charge on any atom is 0.0852 e. The molecule has 1 N–H and O–H groups in total. The summed E-state index contributed by atoms with van der Waals surface area (Å²) in [7, 11) is 0. The molecule has 0 amide bonds. The second-order valence-electron chi connectivity index (χ2n) is 5.22. The molecule has 0 aromatic heterocycles. The number of rotatable bonds is 5. The van der Waals surface area contributed by atoms with Crippen LogP contribution in [0, 0.1) is 11.8 Å². The summed E-state index contributed by atoms with van der Waals surface area (Å²) in [5.41, 5.74) is 2.27. The summed E-state index contributed by atoms with van der Waals surface area (Å²) in [5.74, 6) is 0.849. The van der Waals surface area contributed by atoms with E-state index in [2.05, 4.69) is 33.8 Å². The number of allylic oxidation sites excluding steroid dienone is 1. The van der Waals surface area contributed by atoms with Crippen molar-refractivity contribution in [3.63, 3.8) is 0 Å². The zero-order chi connectivity index (χ0) is 12.8. The molecule has 0 bridgehead atoms. The fourth-order valence-corrected chi connectivity index (χ4v) is 1.80. The van der Waals surface area contributed by atoms with Gasteiger partial charge in [0.15, 0.2) is 0 Å². The zero-order valence-corrected chi connectivity index (χ0v) is 11.4. The molecule has 1 rings (SSSR count). The molecule has 94 valence electrons. The van der Waals surface area contributed by atoms with E-state index >= 15 is 0 Å². The van der Waals surface area contributed by atoms with Gasteiger partial charge < -0.3 is 5.11 Å². The van der Waals surface area contributed by atoms with Crippen molar-refractivity contribution in [1.82, 2.24) is 0 Å². The Balaban J connectivity index is 2.69. The molecule has 0 aliphatic carbocycles. The number of aliphatic hydroxyl groups excluding tert-OH is 1. The first kappa shape index (κ1) is 14.0. The van der Waals surface area contributed by atoms with Crippen LogP contribution in [-0.2, 0) is 0 Å². The molecule has 17 heavy (non-hydrogen) atoms. The highest BCUT2D eigenvalue weighted by Crippen LogP contribution is 2.27. The Labute approximate surface area is 105 Å². The summed E-state index contributed by atoms with van der Waals surface area (Å²) in [6, 6.07) is 9.88. The Morgan fingerprint density at radius 1 is 1.18 bits per heavy atom. The van der Waals surface area contributed by atoms with Gasteiger partial charge in [-0.15, -0.1) is 0 Å². The van der Waals surface area contributed by atoms with Crippen molar-refractivity contribution in [3.8, 4) is 0 Å². The lowest BCUT2D eigenvalue weighted by molar-refractivity contribution is 0.134. The lowest BCUT2D eigenvalue weighted by Crippen LogP contribution is -2.10. The monoisotopic (exact) mass is 232 g/mol. The summed E-state index contributed by atoms with van der Waals surface area (Å²) in [6.07, 6.45) is 2.93. The molecule has 1 nitrogen and oxygen atoms in total. The molecule has 0 saturated heterocycles. The van der Waals surface area contributed by atoms with Gasteiger partial charge in [-0.2, -0.15) is 0 Å². The van der Waals surface area contributed by atoms with Gasteiger partial charge in [0.1, 0.15) is 0 Å². The van der Waals surface area contributed by atoms with Gasteiger partial charge in [-0.3, -0.25) is 0 Å². The van der Waals surface area contributed by atoms with Crippen LogP contribution in [0.2, 0.25) is 0 Å². The number of hydrogen-bond acceptors (Lipinski definition) is 1. The first-order chi connectivity index (χ1) is 8.02. The van der Waals surface area contributed by atoms with E-state index in [-0.39, 0.29) is 5.92 Å². The van der Waals surface area contributed by atoms with Gasteiger partial charge in [0, 0.05) is 5.92 Å². The molecule has 0 aliphatic rings. The molecule has 1 aromatic rings. The van der Waals surface area contributed by atoms with Crippen molar-refractivity contribution >= 4 is 0 Å². The Morgan fingerprint density at radius 3 is 2.29 bits per heavy atom. The van der Waals surface area contributed by atoms with E-state index in [1.165, 1.54) is 5.57 Å². The van der Waals surface area contributed by atoms with E-state index in [1.54, 1.807) is 0 Å². The molecule has 1 aromatic carbocycles. The number of benzene rings is 1. The standard InChI is InChI=1S/C16H24O/c1-12(2)10-11-13(3)14(4)16(17)15-8-6-5-7-9-15/h5-9,11-12,14,16-17H,10H2,1-4H3/b13-11+/t14-,16-/m0/s1. The average Bonchev–Trinajstić information content (AvgIpc) is 2.35. The van der Waals surface area contributed by atoms with E-state index in [4.69, 9.17) is 0 Å². The lowest BCUT2D eigenvalue weighted by atomic mass is 9.90. The molecule has 0 saturated carbocycles. The summed E-state index contributed by atoms with van der Waals surface area (Å²) in [6.45, 7) is 8.62. The van der Waals surface area contributed by atoms with Gasteiger partial charge in [-0.05, 0) is 24.8 Å². The molecule has 0 radical (unpaired) electrons. The summed E-state index contributed by atoms with van der Waals surface area (Å²) >= 11 is 0. The maximum atomic E-state index is 10.3. The fourth-order valence-electron chi connectivity index (χ4n) is 1.80. The lowest BCUT2D eigenvalue weighted by Gasteiger charge is -2.20. The highest BCUT2D eigenvalue weighted by atomic mass is 16.3. The molecule has 0 unspecified atom stereocenters. The zero-order valence-electron chi connectivity index (χ0n) is 11.4. The van der Waals surface area contributed by atoms with Gasteiger partial charge in [0.25, 0.3) is 0 Å². The first-order valence-electron chi connectivity index (χ1n) is 6.42. The predicted molar refractivity (Wildman–Crippen MR) is 73.8 cm³/mol. The summed E-state index contributed by atoms with van der Waals surface area (Å²) in [4.78, 5) is 0. The highest BCUT2D eigenvalue weighted by Gasteiger charge is 2.17. The normalized spacial score (nSPS) is 16.0. The highest BCUT2D eigenvalue weighted by molar-refractivity contribution is 5.20. The van der Waals surface area contributed by atoms with Gasteiger partial charge in [-0.1, -0.05) is 62.8 Å². The van der Waals surface area contributed by atoms with E-state index in [0.717, 1.165) is 12.0 Å². The molecule has 2 atom stereocenters. The van der Waals surface area contributed by atoms with Crippen LogP contribution in [0.5, 0.6) is 0 Å². The molecule has 0 aliphatic heterocycles. The smallest absolute Gasteiger partial charge is 0.0852 e. The molecular weight excluding hydrogens is 208 g/mol. The van der Waals surface area contributed by atoms with Crippen molar-refractivity contribution in [1.29, 1.82) is 0 Å². The minimum atomic E-state index is -0.403. The van der Waals surface area contributed by atoms with E-state index in [9.17, 15) is 5.11 Å². The average molecular weight is 232 g/mol. The molecule has 0 fully saturated rings. The Hall–Kier alpha value is -1.08. The van der Waals surface area contributed by atoms with Crippen LogP contribution in [0.4, 0.5) is 0 Å². The second kappa shape index (κ2) is 6.61. The van der Waals surface area contributed by atoms with Crippen molar-refractivity contribution in [3.05, 3.63) is 47.5 Å². The number of hydrogen-bond donors (Lipinski definition) is 1. The van der Waals surface area contributed by atoms with Crippen LogP contribution < -0.4 is 0 Å². The largest absolute Gasteiger partial charge is 0.388 e. The summed E-state index contributed by atoms with van der Waals surface area (Å²) in [5, 5.41) is 10.3. The van der Waals surface area contributed by atoms with Gasteiger partial charge >= 0.3 is 0 Å². The van der Waals surface area contributed by atoms with Crippen molar-refractivity contribution in [2.45, 2.75) is 40.2 Å². The van der Waals surface area contributed by atoms with E-state index in [0.29, 0.717) is 5.92 Å². The molecule has 0 heterocycles. The van der Waals surface area contributed by atoms with Crippen LogP contribution in [0.25, 0.3) is 0 Å². The fraction of sp³-hybridized carbons (Fsp3) is 0.500. The van der Waals surface area contributed by atoms with Crippen molar-refractivity contribution in [2.75, 3.05) is 0 Å². The second-order valence-corrected chi connectivity index (χ2v) is 5.22. The third-order valence-electron chi connectivity index (χ3n) is 3.24. The first-order valence-corrected chi connectivity index (χ1v) is 6.42. The third kappa shape index (κ3) is 4.35. The van der Waals surface area contributed by atoms with Crippen LogP contribution in [0.3, 0.4) is 0 Å². The van der Waals surface area contributed by atoms with Crippen LogP contribution in [0.15, 0.2) is 42.0 Å². The summed E-state index contributed by atoms with van der Waals surface area (Å²) < 4.78 is 0. The van der Waals surface area contributed by atoms with Crippen molar-refractivity contribution in [2.24, 2.45) is 11.8 Å². The Morgan fingerprint density at radius 2 is 1.76 bits per heavy atom. The van der Waals surface area contributed by atoms with Crippen LogP contribution >= 0.6 is 0 Å². The third-order valence-corrected chi connectivity index (χ3v) is 3.24. The quantitative estimate of drug-likeness (QED) is 0.748. The Bertz CT molecular complexity index is 351. The Kier molecular flexibility index (Phi) is 5.43. The number of aliphatic hydroxyl groups is 1. The van der Waals surface area contributed by atoms with Crippen LogP contribution in [-0.4, -0.2) is 5.11 Å². The predicted octanol–water partition coefficient (Wildman–Crippen LogP) is 4.35. The van der Waals surface area contributed by atoms with E-state index in [1.807, 2.05) is 30.3 Å². The van der Waals surface area contributed by atoms with Crippen molar-refractivity contribution < 1.29 is 5.11 Å². The minimum Gasteiger partial charge on any atom is -0.388 e. The van der Waals surface area contributed by atoms with Gasteiger partial charge in [0.2, 0.25) is 0 Å². The van der Waals surface area contributed by atoms with Crippen LogP contribution in [0.1, 0.15) is 45.8 Å². The minimum absolute atomic E-state index is 0.177. The van der Waals surface area contributed by atoms with Gasteiger partial charge in [0.05, 0.1) is 6.10 Å². The maximum absolute atomic E-state index is 10.3. The molecule has 0 spiro atoms. The van der Waals surface area contributed by atoms with Gasteiger partial charge in [-0.25, -0.2) is 0 Å².